The van der Waals surface area contributed by atoms with Gasteiger partial charge in [-0.2, -0.15) is 0 Å². The number of furan rings is 1. The number of hydrogen-bond acceptors (Lipinski definition) is 3. The van der Waals surface area contributed by atoms with Gasteiger partial charge in [0.1, 0.15) is 12.4 Å². The largest absolute Gasteiger partial charge is 0.467 e. The summed E-state index contributed by atoms with van der Waals surface area (Å²) in [5, 5.41) is 3.26. The van der Waals surface area contributed by atoms with Crippen LogP contribution < -0.4 is 5.32 Å². The molecule has 0 aliphatic rings. The number of halogens is 1. The first-order valence-corrected chi connectivity index (χ1v) is 7.16. The molecule has 0 aliphatic carbocycles. The number of benzene rings is 1. The lowest BCUT2D eigenvalue weighted by Crippen LogP contribution is -2.10. The van der Waals surface area contributed by atoms with E-state index in [1.807, 2.05) is 24.3 Å². The second-order valence-corrected chi connectivity index (χ2v) is 5.24. The highest BCUT2D eigenvalue weighted by molar-refractivity contribution is 9.10. The Balaban J connectivity index is 1.77. The predicted molar refractivity (Wildman–Crippen MR) is 78.7 cm³/mol. The first-order chi connectivity index (χ1) is 9.28. The maximum atomic E-state index is 5.64. The van der Waals surface area contributed by atoms with Crippen molar-refractivity contribution in [3.8, 4) is 0 Å². The minimum absolute atomic E-state index is 0.499. The molecule has 2 aromatic rings. The Bertz CT molecular complexity index is 510. The lowest BCUT2D eigenvalue weighted by Gasteiger charge is -2.02. The van der Waals surface area contributed by atoms with E-state index in [1.54, 1.807) is 6.26 Å². The summed E-state index contributed by atoms with van der Waals surface area (Å²) in [6.45, 7) is 4.97. The van der Waals surface area contributed by atoms with E-state index in [9.17, 15) is 0 Å². The molecule has 2 rings (SSSR count). The topological polar surface area (TPSA) is 34.4 Å². The average Bonchev–Trinajstić information content (AvgIpc) is 2.84. The molecule has 0 saturated carbocycles. The van der Waals surface area contributed by atoms with Gasteiger partial charge in [-0.3, -0.25) is 0 Å². The molecule has 0 unspecified atom stereocenters. The van der Waals surface area contributed by atoms with Crippen LogP contribution >= 0.6 is 15.9 Å². The Morgan fingerprint density at radius 1 is 1.21 bits per heavy atom. The molecule has 1 heterocycles. The molecule has 4 heteroatoms. The first-order valence-electron chi connectivity index (χ1n) is 6.37. The molecule has 3 nitrogen and oxygen atoms in total. The van der Waals surface area contributed by atoms with Crippen molar-refractivity contribution >= 4 is 15.9 Å². The van der Waals surface area contributed by atoms with Crippen molar-refractivity contribution in [2.75, 3.05) is 6.54 Å². The summed E-state index contributed by atoms with van der Waals surface area (Å²) in [6, 6.07) is 10.1. The fourth-order valence-corrected chi connectivity index (χ4v) is 2.21. The number of hydrogen-bond donors (Lipinski definition) is 1. The van der Waals surface area contributed by atoms with Gasteiger partial charge in [-0.1, -0.05) is 35.0 Å². The highest BCUT2D eigenvalue weighted by atomic mass is 79.9. The molecule has 0 amide bonds. The standard InChI is InChI=1S/C15H18BrNO2/c1-2-17-8-13-7-15(19-10-13)11-18-9-12-4-3-5-14(16)6-12/h3-7,10,17H,2,8-9,11H2,1H3. The molecule has 0 bridgehead atoms. The highest BCUT2D eigenvalue weighted by Gasteiger charge is 2.02. The normalized spacial score (nSPS) is 10.8. The first kappa shape index (κ1) is 14.3. The van der Waals surface area contributed by atoms with Crippen LogP contribution in [0.3, 0.4) is 0 Å². The predicted octanol–water partition coefficient (Wildman–Crippen LogP) is 3.87. The summed E-state index contributed by atoms with van der Waals surface area (Å²) in [6.07, 6.45) is 1.78. The fourth-order valence-electron chi connectivity index (χ4n) is 1.76. The zero-order chi connectivity index (χ0) is 13.5. The SMILES string of the molecule is CCNCc1coc(COCc2cccc(Br)c2)c1. The van der Waals surface area contributed by atoms with Gasteiger partial charge < -0.3 is 14.5 Å². The summed E-state index contributed by atoms with van der Waals surface area (Å²) in [7, 11) is 0. The zero-order valence-corrected chi connectivity index (χ0v) is 12.6. The monoisotopic (exact) mass is 323 g/mol. The van der Waals surface area contributed by atoms with E-state index in [0.717, 1.165) is 34.4 Å². The van der Waals surface area contributed by atoms with Gasteiger partial charge in [-0.05, 0) is 30.3 Å². The van der Waals surface area contributed by atoms with Crippen LogP contribution in [0.4, 0.5) is 0 Å². The van der Waals surface area contributed by atoms with Crippen molar-refractivity contribution in [3.63, 3.8) is 0 Å². The number of nitrogens with one attached hydrogen (secondary N) is 1. The van der Waals surface area contributed by atoms with E-state index in [-0.39, 0.29) is 0 Å². The van der Waals surface area contributed by atoms with Gasteiger partial charge in [0.15, 0.2) is 0 Å². The van der Waals surface area contributed by atoms with Crippen LogP contribution in [0.1, 0.15) is 23.8 Å². The number of ether oxygens (including phenoxy) is 1. The van der Waals surface area contributed by atoms with Crippen molar-refractivity contribution in [2.24, 2.45) is 0 Å². The molecule has 1 aromatic carbocycles. The van der Waals surface area contributed by atoms with Gasteiger partial charge in [-0.25, -0.2) is 0 Å². The second kappa shape index (κ2) is 7.48. The molecule has 0 fully saturated rings. The van der Waals surface area contributed by atoms with Crippen LogP contribution in [0.5, 0.6) is 0 Å². The van der Waals surface area contributed by atoms with Gasteiger partial charge in [0.05, 0.1) is 12.9 Å². The third-order valence-corrected chi connectivity index (χ3v) is 3.18. The summed E-state index contributed by atoms with van der Waals surface area (Å²) in [4.78, 5) is 0. The lowest BCUT2D eigenvalue weighted by molar-refractivity contribution is 0.0929. The summed E-state index contributed by atoms with van der Waals surface area (Å²) >= 11 is 3.45. The van der Waals surface area contributed by atoms with E-state index in [4.69, 9.17) is 9.15 Å². The molecule has 0 atom stereocenters. The minimum atomic E-state index is 0.499. The van der Waals surface area contributed by atoms with E-state index >= 15 is 0 Å². The van der Waals surface area contributed by atoms with Gasteiger partial charge >= 0.3 is 0 Å². The maximum absolute atomic E-state index is 5.64. The third-order valence-electron chi connectivity index (χ3n) is 2.69. The van der Waals surface area contributed by atoms with Crippen molar-refractivity contribution < 1.29 is 9.15 Å². The Kier molecular flexibility index (Phi) is 5.63. The fraction of sp³-hybridized carbons (Fsp3) is 0.333. The Morgan fingerprint density at radius 3 is 2.89 bits per heavy atom. The van der Waals surface area contributed by atoms with Crippen LogP contribution in [0, 0.1) is 0 Å². The smallest absolute Gasteiger partial charge is 0.129 e. The van der Waals surface area contributed by atoms with Crippen LogP contribution in [-0.2, 0) is 24.5 Å². The molecule has 0 radical (unpaired) electrons. The Hall–Kier alpha value is -1.10. The molecule has 0 saturated heterocycles. The lowest BCUT2D eigenvalue weighted by atomic mass is 10.2. The van der Waals surface area contributed by atoms with Gasteiger partial charge in [0.2, 0.25) is 0 Å². The van der Waals surface area contributed by atoms with Crippen molar-refractivity contribution in [1.82, 2.24) is 5.32 Å². The molecule has 19 heavy (non-hydrogen) atoms. The zero-order valence-electron chi connectivity index (χ0n) is 11.0. The molecule has 0 spiro atoms. The van der Waals surface area contributed by atoms with Gasteiger partial charge in [0, 0.05) is 16.6 Å². The Labute approximate surface area is 122 Å². The summed E-state index contributed by atoms with van der Waals surface area (Å²) in [5.41, 5.74) is 2.30. The highest BCUT2D eigenvalue weighted by Crippen LogP contribution is 2.14. The van der Waals surface area contributed by atoms with Gasteiger partial charge in [0.25, 0.3) is 0 Å². The van der Waals surface area contributed by atoms with E-state index < -0.39 is 0 Å². The van der Waals surface area contributed by atoms with Crippen LogP contribution in [0.2, 0.25) is 0 Å². The molecule has 0 aliphatic heterocycles. The quantitative estimate of drug-likeness (QED) is 0.840. The van der Waals surface area contributed by atoms with E-state index in [2.05, 4.69) is 34.2 Å². The van der Waals surface area contributed by atoms with E-state index in [1.165, 1.54) is 0 Å². The van der Waals surface area contributed by atoms with Crippen LogP contribution in [0.25, 0.3) is 0 Å². The second-order valence-electron chi connectivity index (χ2n) is 4.32. The molecule has 1 aromatic heterocycles. The maximum Gasteiger partial charge on any atom is 0.129 e. The average molecular weight is 324 g/mol. The van der Waals surface area contributed by atoms with Crippen molar-refractivity contribution in [1.29, 1.82) is 0 Å². The number of rotatable bonds is 7. The van der Waals surface area contributed by atoms with Gasteiger partial charge in [-0.15, -0.1) is 0 Å². The minimum Gasteiger partial charge on any atom is -0.467 e. The Morgan fingerprint density at radius 2 is 2.11 bits per heavy atom. The van der Waals surface area contributed by atoms with Crippen LogP contribution in [0.15, 0.2) is 45.5 Å². The summed E-state index contributed by atoms with van der Waals surface area (Å²) < 4.78 is 12.2. The van der Waals surface area contributed by atoms with Crippen molar-refractivity contribution in [2.45, 2.75) is 26.7 Å². The van der Waals surface area contributed by atoms with Crippen LogP contribution in [-0.4, -0.2) is 6.54 Å². The molecule has 1 N–H and O–H groups in total. The third kappa shape index (κ3) is 4.82. The summed E-state index contributed by atoms with van der Waals surface area (Å²) in [5.74, 6) is 0.864. The molecular weight excluding hydrogens is 306 g/mol. The molecular formula is C15H18BrNO2. The molecule has 102 valence electrons. The van der Waals surface area contributed by atoms with E-state index in [0.29, 0.717) is 13.2 Å². The van der Waals surface area contributed by atoms with Crippen molar-refractivity contribution in [3.05, 3.63) is 58.0 Å².